The Morgan fingerprint density at radius 3 is 0.590 bits per heavy atom. The number of aliphatic hydroxyl groups is 1. The van der Waals surface area contributed by atoms with Crippen molar-refractivity contribution in [3.63, 3.8) is 0 Å². The molecule has 0 spiro atoms. The lowest BCUT2D eigenvalue weighted by Gasteiger charge is -2.21. The number of hydrogen-bond acceptors (Lipinski definition) is 15. The highest BCUT2D eigenvalue weighted by Gasteiger charge is 2.30. The van der Waals surface area contributed by atoms with Crippen molar-refractivity contribution >= 4 is 39.5 Å². The van der Waals surface area contributed by atoms with Gasteiger partial charge in [-0.15, -0.1) is 0 Å². The van der Waals surface area contributed by atoms with Gasteiger partial charge in [-0.3, -0.25) is 37.3 Å². The van der Waals surface area contributed by atoms with E-state index in [0.29, 0.717) is 25.7 Å². The molecule has 0 bridgehead atoms. The molecule has 19 heteroatoms. The number of hydrogen-bond donors (Lipinski definition) is 3. The molecule has 0 aliphatic carbocycles. The van der Waals surface area contributed by atoms with Gasteiger partial charge < -0.3 is 33.8 Å². The van der Waals surface area contributed by atoms with Crippen LogP contribution in [0, 0.1) is 23.7 Å². The summed E-state index contributed by atoms with van der Waals surface area (Å²) in [5.74, 6) is 1.03. The summed E-state index contributed by atoms with van der Waals surface area (Å²) in [5, 5.41) is 10.7. The Balaban J connectivity index is 5.25. The molecule has 105 heavy (non-hydrogen) atoms. The Morgan fingerprint density at radius 2 is 0.400 bits per heavy atom. The molecule has 0 aliphatic rings. The normalized spacial score (nSPS) is 13.9. The van der Waals surface area contributed by atoms with E-state index in [4.69, 9.17) is 37.0 Å². The monoisotopic (exact) mass is 1540 g/mol. The van der Waals surface area contributed by atoms with Gasteiger partial charge in [0, 0.05) is 25.7 Å². The van der Waals surface area contributed by atoms with Gasteiger partial charge in [0.05, 0.1) is 26.4 Å². The molecule has 5 atom stereocenters. The van der Waals surface area contributed by atoms with Crippen molar-refractivity contribution in [3.8, 4) is 0 Å². The molecule has 0 saturated carbocycles. The maximum Gasteiger partial charge on any atom is 0.472 e. The zero-order chi connectivity index (χ0) is 77.4. The van der Waals surface area contributed by atoms with Gasteiger partial charge in [0.2, 0.25) is 0 Å². The second-order valence-electron chi connectivity index (χ2n) is 32.8. The number of carbonyl (C=O) groups is 4. The van der Waals surface area contributed by atoms with E-state index in [2.05, 4.69) is 55.4 Å². The molecule has 0 heterocycles. The minimum absolute atomic E-state index is 0.106. The zero-order valence-corrected chi connectivity index (χ0v) is 71.2. The summed E-state index contributed by atoms with van der Waals surface area (Å²) in [4.78, 5) is 73.2. The molecule has 3 N–H and O–H groups in total. The Kier molecular flexibility index (Phi) is 73.4. The average molecular weight is 1540 g/mol. The summed E-state index contributed by atoms with van der Waals surface area (Å²) >= 11 is 0. The quantitative estimate of drug-likeness (QED) is 0.0222. The first-order chi connectivity index (χ1) is 50.6. The van der Waals surface area contributed by atoms with Gasteiger partial charge in [-0.1, -0.05) is 396 Å². The highest BCUT2D eigenvalue weighted by molar-refractivity contribution is 7.47. The second-order valence-corrected chi connectivity index (χ2v) is 35.7. The number of unbranched alkanes of at least 4 members (excludes halogenated alkanes) is 49. The predicted octanol–water partition coefficient (Wildman–Crippen LogP) is 25.9. The van der Waals surface area contributed by atoms with E-state index in [-0.39, 0.29) is 25.7 Å². The van der Waals surface area contributed by atoms with E-state index in [0.717, 1.165) is 114 Å². The first-order valence-electron chi connectivity index (χ1n) is 44.2. The molecular formula is C86H168O17P2. The Morgan fingerprint density at radius 1 is 0.238 bits per heavy atom. The molecule has 0 aromatic carbocycles. The fourth-order valence-electron chi connectivity index (χ4n) is 13.3. The van der Waals surface area contributed by atoms with Crippen LogP contribution in [-0.4, -0.2) is 96.7 Å². The minimum atomic E-state index is -4.97. The van der Waals surface area contributed by atoms with Crippen molar-refractivity contribution in [2.24, 2.45) is 23.7 Å². The van der Waals surface area contributed by atoms with E-state index < -0.39 is 97.5 Å². The van der Waals surface area contributed by atoms with Gasteiger partial charge >= 0.3 is 39.5 Å². The van der Waals surface area contributed by atoms with Crippen LogP contribution in [0.15, 0.2) is 0 Å². The van der Waals surface area contributed by atoms with Crippen LogP contribution in [0.5, 0.6) is 0 Å². The lowest BCUT2D eigenvalue weighted by atomic mass is 10.0. The number of esters is 4. The molecule has 0 rings (SSSR count). The molecule has 0 fully saturated rings. The molecule has 0 radical (unpaired) electrons. The van der Waals surface area contributed by atoms with E-state index >= 15 is 0 Å². The summed E-state index contributed by atoms with van der Waals surface area (Å²) < 4.78 is 68.9. The number of phosphoric acid groups is 2. The van der Waals surface area contributed by atoms with Crippen LogP contribution >= 0.6 is 15.6 Å². The summed E-state index contributed by atoms with van der Waals surface area (Å²) in [7, 11) is -9.93. The molecule has 624 valence electrons. The van der Waals surface area contributed by atoms with Crippen LogP contribution < -0.4 is 0 Å². The van der Waals surface area contributed by atoms with Gasteiger partial charge in [0.15, 0.2) is 12.2 Å². The Hall–Kier alpha value is -1.94. The van der Waals surface area contributed by atoms with Gasteiger partial charge in [-0.25, -0.2) is 9.13 Å². The van der Waals surface area contributed by atoms with Gasteiger partial charge in [0.25, 0.3) is 0 Å². The van der Waals surface area contributed by atoms with Crippen LogP contribution in [0.2, 0.25) is 0 Å². The highest BCUT2D eigenvalue weighted by atomic mass is 31.2. The number of phosphoric ester groups is 2. The maximum absolute atomic E-state index is 13.2. The van der Waals surface area contributed by atoms with Crippen molar-refractivity contribution < 1.29 is 80.2 Å². The predicted molar refractivity (Wildman–Crippen MR) is 432 cm³/mol. The minimum Gasteiger partial charge on any atom is -0.462 e. The number of aliphatic hydroxyl groups excluding tert-OH is 1. The Labute approximate surface area is 645 Å². The van der Waals surface area contributed by atoms with E-state index in [1.807, 2.05) is 0 Å². The topological polar surface area (TPSA) is 237 Å². The third-order valence-corrected chi connectivity index (χ3v) is 22.0. The molecule has 0 amide bonds. The molecule has 0 aromatic heterocycles. The average Bonchev–Trinajstić information content (AvgIpc) is 0.936. The molecule has 17 nitrogen and oxygen atoms in total. The SMILES string of the molecule is CC(C)CCCCCCCCCCCCCCCCCCCCC(=O)O[C@H](COC(=O)CCCCCCCCCCCCCCCCCC(C)C)COP(=O)(O)OC[C@@H](O)COP(=O)(O)OC[C@@H](COC(=O)CCCCCCCCCCCC(C)C)OC(=O)CCCCCCCCCCCCCC(C)C. The van der Waals surface area contributed by atoms with Crippen molar-refractivity contribution in [1.29, 1.82) is 0 Å². The lowest BCUT2D eigenvalue weighted by molar-refractivity contribution is -0.161. The van der Waals surface area contributed by atoms with E-state index in [1.54, 1.807) is 0 Å². The third-order valence-electron chi connectivity index (χ3n) is 20.1. The number of ether oxygens (including phenoxy) is 4. The lowest BCUT2D eigenvalue weighted by Crippen LogP contribution is -2.30. The molecule has 0 aliphatic heterocycles. The maximum atomic E-state index is 13.2. The van der Waals surface area contributed by atoms with Crippen molar-refractivity contribution in [3.05, 3.63) is 0 Å². The summed E-state index contributed by atoms with van der Waals surface area (Å²) in [6, 6.07) is 0. The van der Waals surface area contributed by atoms with Gasteiger partial charge in [-0.2, -0.15) is 0 Å². The largest absolute Gasteiger partial charge is 0.472 e. The number of rotatable bonds is 83. The summed E-state index contributed by atoms with van der Waals surface area (Å²) in [6.45, 7) is 14.3. The van der Waals surface area contributed by atoms with Crippen molar-refractivity contribution in [1.82, 2.24) is 0 Å². The van der Waals surface area contributed by atoms with Crippen molar-refractivity contribution in [2.75, 3.05) is 39.6 Å². The third kappa shape index (κ3) is 79.9. The second kappa shape index (κ2) is 74.8. The number of carbonyl (C=O) groups excluding carboxylic acids is 4. The fourth-order valence-corrected chi connectivity index (χ4v) is 14.9. The van der Waals surface area contributed by atoms with Crippen LogP contribution in [0.4, 0.5) is 0 Å². The molecular weight excluding hydrogens is 1370 g/mol. The van der Waals surface area contributed by atoms with Crippen molar-refractivity contribution in [2.45, 2.75) is 465 Å². The van der Waals surface area contributed by atoms with Crippen LogP contribution in [0.1, 0.15) is 447 Å². The molecule has 0 saturated heterocycles. The summed E-state index contributed by atoms with van der Waals surface area (Å²) in [6.07, 6.45) is 63.9. The van der Waals surface area contributed by atoms with E-state index in [9.17, 15) is 43.2 Å². The van der Waals surface area contributed by atoms with Crippen LogP contribution in [0.25, 0.3) is 0 Å². The zero-order valence-electron chi connectivity index (χ0n) is 69.4. The first-order valence-corrected chi connectivity index (χ1v) is 47.2. The summed E-state index contributed by atoms with van der Waals surface area (Å²) in [5.41, 5.74) is 0. The fraction of sp³-hybridized carbons (Fsp3) is 0.953. The standard InChI is InChI=1S/C86H168O17P2/c1-76(2)62-54-46-38-30-23-18-14-11-9-10-12-16-21-27-35-44-52-60-68-85(90)102-81(72-96-83(88)66-58-50-42-34-26-20-17-13-15-19-24-31-39-47-55-63-77(3)4)74-100-104(92,93)98-70-80(87)71-99-105(94,95)101-75-82(73-97-84(89)67-59-51-43-37-29-33-41-49-57-65-79(7)8)103-86(91)69-61-53-45-36-28-22-25-32-40-48-56-64-78(5)6/h76-82,87H,9-75H2,1-8H3,(H,92,93)(H,94,95)/t80-,81-,82-/m1/s1. The first kappa shape index (κ1) is 103. The molecule has 2 unspecified atom stereocenters. The van der Waals surface area contributed by atoms with Gasteiger partial charge in [-0.05, 0) is 49.4 Å². The highest BCUT2D eigenvalue weighted by Crippen LogP contribution is 2.45. The molecule has 0 aromatic rings. The van der Waals surface area contributed by atoms with Crippen LogP contribution in [-0.2, 0) is 65.4 Å². The van der Waals surface area contributed by atoms with E-state index in [1.165, 1.54) is 250 Å². The smallest absolute Gasteiger partial charge is 0.462 e. The Bertz CT molecular complexity index is 2040. The van der Waals surface area contributed by atoms with Gasteiger partial charge in [0.1, 0.15) is 19.3 Å². The van der Waals surface area contributed by atoms with Crippen LogP contribution in [0.3, 0.4) is 0 Å².